The molecule has 2 amide bonds. The number of para-hydroxylation sites is 1. The van der Waals surface area contributed by atoms with Gasteiger partial charge in [-0.25, -0.2) is 12.8 Å². The molecule has 160 valence electrons. The van der Waals surface area contributed by atoms with Crippen LogP contribution in [-0.4, -0.2) is 20.2 Å². The first-order valence-corrected chi connectivity index (χ1v) is 10.9. The van der Waals surface area contributed by atoms with E-state index in [1.165, 1.54) is 12.1 Å². The molecule has 0 radical (unpaired) electrons. The number of amides is 2. The predicted octanol–water partition coefficient (Wildman–Crippen LogP) is 4.23. The topological polar surface area (TPSA) is 104 Å². The Hall–Kier alpha value is -3.72. The molecule has 0 heterocycles. The number of hydrogen-bond donors (Lipinski definition) is 3. The van der Waals surface area contributed by atoms with Crippen molar-refractivity contribution >= 4 is 38.9 Å². The molecule has 9 heteroatoms. The van der Waals surface area contributed by atoms with Crippen molar-refractivity contribution in [3.63, 3.8) is 0 Å². The molecule has 31 heavy (non-hydrogen) atoms. The number of anilines is 3. The summed E-state index contributed by atoms with van der Waals surface area (Å²) in [6, 6.07) is 17.1. The van der Waals surface area contributed by atoms with Crippen LogP contribution in [0.15, 0.2) is 77.7 Å². The lowest BCUT2D eigenvalue weighted by Crippen LogP contribution is -2.18. The van der Waals surface area contributed by atoms with Crippen LogP contribution < -0.4 is 15.4 Å². The number of hydrogen-bond acceptors (Lipinski definition) is 4. The Morgan fingerprint density at radius 2 is 1.52 bits per heavy atom. The molecule has 0 bridgehead atoms. The van der Waals surface area contributed by atoms with Crippen LogP contribution in [0.25, 0.3) is 0 Å². The first kappa shape index (κ1) is 22.0. The van der Waals surface area contributed by atoms with Crippen LogP contribution in [0.5, 0.6) is 0 Å². The first-order valence-electron chi connectivity index (χ1n) is 9.37. The minimum Gasteiger partial charge on any atom is -0.326 e. The van der Waals surface area contributed by atoms with Gasteiger partial charge in [0.25, 0.3) is 15.9 Å². The van der Waals surface area contributed by atoms with Crippen LogP contribution in [0.4, 0.5) is 21.5 Å². The molecule has 3 N–H and O–H groups in total. The van der Waals surface area contributed by atoms with Gasteiger partial charge in [0.1, 0.15) is 5.82 Å². The Kier molecular flexibility index (Phi) is 6.66. The van der Waals surface area contributed by atoms with Gasteiger partial charge in [-0.3, -0.25) is 14.3 Å². The van der Waals surface area contributed by atoms with E-state index < -0.39 is 21.7 Å². The lowest BCUT2D eigenvalue weighted by molar-refractivity contribution is -0.115. The molecule has 3 aromatic rings. The zero-order valence-corrected chi connectivity index (χ0v) is 17.4. The van der Waals surface area contributed by atoms with Crippen molar-refractivity contribution in [2.45, 2.75) is 18.2 Å². The average molecular weight is 441 g/mol. The summed E-state index contributed by atoms with van der Waals surface area (Å²) in [6.45, 7) is 1.73. The summed E-state index contributed by atoms with van der Waals surface area (Å²) in [4.78, 5) is 24.2. The van der Waals surface area contributed by atoms with E-state index in [4.69, 9.17) is 0 Å². The van der Waals surface area contributed by atoms with Crippen LogP contribution in [0.1, 0.15) is 23.7 Å². The molecule has 0 aromatic heterocycles. The number of carbonyl (C=O) groups excluding carboxylic acids is 2. The van der Waals surface area contributed by atoms with Crippen molar-refractivity contribution in [3.05, 3.63) is 84.2 Å². The van der Waals surface area contributed by atoms with Gasteiger partial charge in [-0.05, 0) is 54.6 Å². The largest absolute Gasteiger partial charge is 0.326 e. The van der Waals surface area contributed by atoms with Crippen molar-refractivity contribution < 1.29 is 22.4 Å². The van der Waals surface area contributed by atoms with Gasteiger partial charge in [0.05, 0.1) is 16.1 Å². The molecule has 0 fully saturated rings. The SMILES string of the molecule is CCC(=O)Nc1cccc(NC(=O)c2ccccc2NS(=O)(=O)c2ccc(F)cc2)c1. The second-order valence-corrected chi connectivity index (χ2v) is 8.22. The summed E-state index contributed by atoms with van der Waals surface area (Å²) in [5.41, 5.74) is 1.11. The quantitative estimate of drug-likeness (QED) is 0.510. The molecule has 0 aliphatic carbocycles. The lowest BCUT2D eigenvalue weighted by atomic mass is 10.1. The van der Waals surface area contributed by atoms with Gasteiger partial charge >= 0.3 is 0 Å². The fourth-order valence-corrected chi connectivity index (χ4v) is 3.79. The van der Waals surface area contributed by atoms with Crippen molar-refractivity contribution in [2.24, 2.45) is 0 Å². The van der Waals surface area contributed by atoms with Gasteiger partial charge in [-0.15, -0.1) is 0 Å². The second kappa shape index (κ2) is 9.40. The zero-order chi connectivity index (χ0) is 22.4. The Bertz CT molecular complexity index is 1210. The third-order valence-electron chi connectivity index (χ3n) is 4.27. The number of benzene rings is 3. The third kappa shape index (κ3) is 5.67. The smallest absolute Gasteiger partial charge is 0.261 e. The normalized spacial score (nSPS) is 10.9. The predicted molar refractivity (Wildman–Crippen MR) is 117 cm³/mol. The van der Waals surface area contributed by atoms with Gasteiger partial charge in [0.2, 0.25) is 5.91 Å². The molecule has 0 saturated carbocycles. The molecular formula is C22H20FN3O4S. The number of carbonyl (C=O) groups is 2. The Balaban J connectivity index is 1.81. The van der Waals surface area contributed by atoms with Crippen LogP contribution in [0, 0.1) is 5.82 Å². The molecule has 7 nitrogen and oxygen atoms in total. The molecule has 0 unspecified atom stereocenters. The molecule has 0 saturated heterocycles. The highest BCUT2D eigenvalue weighted by Gasteiger charge is 2.19. The van der Waals surface area contributed by atoms with Crippen LogP contribution in [0.2, 0.25) is 0 Å². The molecule has 0 atom stereocenters. The van der Waals surface area contributed by atoms with E-state index in [1.54, 1.807) is 43.3 Å². The first-order chi connectivity index (χ1) is 14.8. The third-order valence-corrected chi connectivity index (χ3v) is 5.65. The van der Waals surface area contributed by atoms with Crippen LogP contribution in [-0.2, 0) is 14.8 Å². The van der Waals surface area contributed by atoms with Crippen molar-refractivity contribution in [3.8, 4) is 0 Å². The molecule has 3 rings (SSSR count). The zero-order valence-electron chi connectivity index (χ0n) is 16.6. The van der Waals surface area contributed by atoms with E-state index in [9.17, 15) is 22.4 Å². The van der Waals surface area contributed by atoms with E-state index in [1.807, 2.05) is 0 Å². The van der Waals surface area contributed by atoms with Crippen LogP contribution >= 0.6 is 0 Å². The average Bonchev–Trinajstić information content (AvgIpc) is 2.74. The Labute approximate surface area is 179 Å². The standard InChI is InChI=1S/C22H20FN3O4S/c1-2-21(27)24-16-6-5-7-17(14-16)25-22(28)19-8-3-4-9-20(19)26-31(29,30)18-12-10-15(23)11-13-18/h3-14,26H,2H2,1H3,(H,24,27)(H,25,28). The van der Waals surface area contributed by atoms with Gasteiger partial charge in [-0.1, -0.05) is 25.1 Å². The highest BCUT2D eigenvalue weighted by Crippen LogP contribution is 2.22. The van der Waals surface area contributed by atoms with E-state index in [0.29, 0.717) is 17.8 Å². The summed E-state index contributed by atoms with van der Waals surface area (Å²) in [6.07, 6.45) is 0.318. The van der Waals surface area contributed by atoms with E-state index in [-0.39, 0.29) is 22.1 Å². The van der Waals surface area contributed by atoms with Crippen molar-refractivity contribution in [1.82, 2.24) is 0 Å². The van der Waals surface area contributed by atoms with Crippen molar-refractivity contribution in [2.75, 3.05) is 15.4 Å². The van der Waals surface area contributed by atoms with E-state index in [0.717, 1.165) is 24.3 Å². The lowest BCUT2D eigenvalue weighted by Gasteiger charge is -2.13. The molecule has 0 aliphatic rings. The van der Waals surface area contributed by atoms with Gasteiger partial charge in [-0.2, -0.15) is 0 Å². The van der Waals surface area contributed by atoms with Crippen LogP contribution in [0.3, 0.4) is 0 Å². The number of nitrogens with one attached hydrogen (secondary N) is 3. The van der Waals surface area contributed by atoms with Gasteiger partial charge in [0.15, 0.2) is 0 Å². The maximum absolute atomic E-state index is 13.1. The Morgan fingerprint density at radius 3 is 2.19 bits per heavy atom. The fraction of sp³-hybridized carbons (Fsp3) is 0.0909. The number of sulfonamides is 1. The maximum atomic E-state index is 13.1. The Morgan fingerprint density at radius 1 is 0.871 bits per heavy atom. The molecular weight excluding hydrogens is 421 g/mol. The molecule has 0 spiro atoms. The van der Waals surface area contributed by atoms with E-state index >= 15 is 0 Å². The second-order valence-electron chi connectivity index (χ2n) is 6.54. The maximum Gasteiger partial charge on any atom is 0.261 e. The summed E-state index contributed by atoms with van der Waals surface area (Å²) in [5, 5.41) is 5.39. The highest BCUT2D eigenvalue weighted by atomic mass is 32.2. The highest BCUT2D eigenvalue weighted by molar-refractivity contribution is 7.92. The summed E-state index contributed by atoms with van der Waals surface area (Å²) in [7, 11) is -4.03. The molecule has 3 aromatic carbocycles. The summed E-state index contributed by atoms with van der Waals surface area (Å²) >= 11 is 0. The molecule has 0 aliphatic heterocycles. The summed E-state index contributed by atoms with van der Waals surface area (Å²) < 4.78 is 40.7. The number of rotatable bonds is 7. The monoisotopic (exact) mass is 441 g/mol. The van der Waals surface area contributed by atoms with Gasteiger partial charge < -0.3 is 10.6 Å². The van der Waals surface area contributed by atoms with E-state index in [2.05, 4.69) is 15.4 Å². The fourth-order valence-electron chi connectivity index (χ4n) is 2.71. The minimum absolute atomic E-state index is 0.0692. The number of halogens is 1. The van der Waals surface area contributed by atoms with Gasteiger partial charge in [0, 0.05) is 17.8 Å². The van der Waals surface area contributed by atoms with Crippen molar-refractivity contribution in [1.29, 1.82) is 0 Å². The summed E-state index contributed by atoms with van der Waals surface area (Å²) in [5.74, 6) is -1.27. The minimum atomic E-state index is -4.03.